The van der Waals surface area contributed by atoms with Gasteiger partial charge in [-0.3, -0.25) is 23.9 Å². The van der Waals surface area contributed by atoms with Gasteiger partial charge in [-0.05, 0) is 36.5 Å². The average molecular weight is 749 g/mol. The summed E-state index contributed by atoms with van der Waals surface area (Å²) in [6.45, 7) is 9.11. The molecule has 51 heavy (non-hydrogen) atoms. The smallest absolute Gasteiger partial charge is 0.326 e. The van der Waals surface area contributed by atoms with Crippen LogP contribution >= 0.6 is 0 Å². The number of nitrogens with one attached hydrogen (secondary N) is 5. The number of carbonyl (C=O) groups is 6. The molecule has 4 amide bonds. The molecule has 2 unspecified atom stereocenters. The molecule has 0 bridgehead atoms. The van der Waals surface area contributed by atoms with Gasteiger partial charge in [-0.1, -0.05) is 39.8 Å². The van der Waals surface area contributed by atoms with E-state index in [0.29, 0.717) is 18.7 Å². The van der Waals surface area contributed by atoms with Crippen LogP contribution in [0.3, 0.4) is 0 Å². The van der Waals surface area contributed by atoms with Crippen LogP contribution < -0.4 is 20.7 Å². The van der Waals surface area contributed by atoms with Crippen LogP contribution in [0.4, 0.5) is 0 Å². The van der Waals surface area contributed by atoms with Gasteiger partial charge in [0, 0.05) is 32.2 Å². The fourth-order valence-corrected chi connectivity index (χ4v) is 6.38. The molecule has 1 aromatic heterocycles. The van der Waals surface area contributed by atoms with Gasteiger partial charge in [0.15, 0.2) is 5.82 Å². The van der Waals surface area contributed by atoms with Crippen molar-refractivity contribution >= 4 is 45.6 Å². The predicted octanol–water partition coefficient (Wildman–Crippen LogP) is -0.721. The summed E-state index contributed by atoms with van der Waals surface area (Å²) in [6, 6.07) is -2.48. The summed E-state index contributed by atoms with van der Waals surface area (Å²) >= 11 is 0. The lowest BCUT2D eigenvalue weighted by Gasteiger charge is -2.34. The maximum atomic E-state index is 12.5. The van der Waals surface area contributed by atoms with E-state index in [9.17, 15) is 42.3 Å². The minimum atomic E-state index is -3.95. The van der Waals surface area contributed by atoms with E-state index in [1.165, 1.54) is 0 Å². The summed E-state index contributed by atoms with van der Waals surface area (Å²) in [5.74, 6) is -4.88. The Kier molecular flexibility index (Phi) is 19.2. The van der Waals surface area contributed by atoms with Gasteiger partial charge in [0.1, 0.15) is 18.7 Å². The van der Waals surface area contributed by atoms with Gasteiger partial charge >= 0.3 is 11.9 Å². The van der Waals surface area contributed by atoms with E-state index in [1.807, 2.05) is 27.7 Å². The zero-order valence-electron chi connectivity index (χ0n) is 29.8. The van der Waals surface area contributed by atoms with Crippen LogP contribution in [0.2, 0.25) is 0 Å². The second-order valence-electron chi connectivity index (χ2n) is 13.5. The highest BCUT2D eigenvalue weighted by atomic mass is 32.2. The molecule has 290 valence electrons. The zero-order chi connectivity index (χ0) is 38.7. The molecule has 20 nitrogen and oxygen atoms in total. The SMILES string of the molecule is CCC(NC(=O)CCC(NC(=O)COCCOCCNC(=O)CCCS(=O)(=O)NC(=O)CC(C)(C)CC(C)(C)Cc1nn[nH]n1)C(=O)O)C(=O)O. The normalized spacial score (nSPS) is 13.1. The predicted molar refractivity (Wildman–Crippen MR) is 179 cm³/mol. The first kappa shape index (κ1) is 44.8. The monoisotopic (exact) mass is 748 g/mol. The largest absolute Gasteiger partial charge is 0.480 e. The molecule has 0 saturated heterocycles. The number of carbonyl (C=O) groups excluding carboxylic acids is 4. The quantitative estimate of drug-likeness (QED) is 0.0546. The van der Waals surface area contributed by atoms with Crippen LogP contribution in [0.1, 0.15) is 85.4 Å². The van der Waals surface area contributed by atoms with Gasteiger partial charge < -0.3 is 35.6 Å². The number of H-pyrrole nitrogens is 1. The number of hydrogen-bond donors (Lipinski definition) is 7. The number of ether oxygens (including phenoxy) is 2. The van der Waals surface area contributed by atoms with Crippen molar-refractivity contribution in [3.63, 3.8) is 0 Å². The van der Waals surface area contributed by atoms with Crippen molar-refractivity contribution < 1.29 is 56.9 Å². The van der Waals surface area contributed by atoms with Gasteiger partial charge in [0.2, 0.25) is 33.7 Å². The average Bonchev–Trinajstić information content (AvgIpc) is 3.49. The standard InChI is InChI=1S/C30H52N8O12S/c1-6-20(27(43)44)32-24(40)10-9-21(28(45)46)33-26(42)18-50-14-13-49-12-11-31-23(39)8-7-15-51(47,48)36-25(41)17-30(4,5)19-29(2,3)16-22-34-37-38-35-22/h20-21H,6-19H2,1-5H3,(H,31,39)(H,32,40)(H,33,42)(H,36,41)(H,43,44)(H,45,46)(H,34,35,37,38). The Hall–Kier alpha value is -4.24. The summed E-state index contributed by atoms with van der Waals surface area (Å²) in [5, 5.41) is 39.3. The van der Waals surface area contributed by atoms with Gasteiger partial charge in [-0.2, -0.15) is 5.21 Å². The molecular weight excluding hydrogens is 696 g/mol. The number of aromatic amines is 1. The van der Waals surface area contributed by atoms with Crippen molar-refractivity contribution in [1.29, 1.82) is 0 Å². The van der Waals surface area contributed by atoms with Crippen LogP contribution in [-0.4, -0.2) is 126 Å². The Bertz CT molecular complexity index is 1400. The van der Waals surface area contributed by atoms with Crippen LogP contribution in [0.25, 0.3) is 0 Å². The van der Waals surface area contributed by atoms with Crippen LogP contribution in [0.15, 0.2) is 0 Å². The van der Waals surface area contributed by atoms with Crippen molar-refractivity contribution in [3.05, 3.63) is 5.82 Å². The lowest BCUT2D eigenvalue weighted by atomic mass is 9.71. The molecule has 0 radical (unpaired) electrons. The molecule has 1 rings (SSSR count). The molecule has 0 aliphatic heterocycles. The fourth-order valence-electron chi connectivity index (χ4n) is 5.33. The second-order valence-corrected chi connectivity index (χ2v) is 15.4. The number of amides is 4. The van der Waals surface area contributed by atoms with E-state index in [2.05, 4.69) is 41.3 Å². The van der Waals surface area contributed by atoms with E-state index in [-0.39, 0.29) is 70.3 Å². The highest BCUT2D eigenvalue weighted by Crippen LogP contribution is 2.37. The van der Waals surface area contributed by atoms with Crippen molar-refractivity contribution in [3.8, 4) is 0 Å². The molecule has 1 heterocycles. The number of tetrazole rings is 1. The topological polar surface area (TPSA) is 298 Å². The third kappa shape index (κ3) is 20.9. The Morgan fingerprint density at radius 1 is 0.843 bits per heavy atom. The third-order valence-electron chi connectivity index (χ3n) is 7.22. The van der Waals surface area contributed by atoms with Gasteiger partial charge in [0.05, 0.1) is 25.6 Å². The second kappa shape index (κ2) is 21.9. The maximum Gasteiger partial charge on any atom is 0.326 e. The number of rotatable bonds is 27. The number of carboxylic acids is 2. The van der Waals surface area contributed by atoms with E-state index >= 15 is 0 Å². The van der Waals surface area contributed by atoms with E-state index in [1.54, 1.807) is 6.92 Å². The molecule has 1 aromatic rings. The van der Waals surface area contributed by atoms with Crippen molar-refractivity contribution in [2.45, 2.75) is 98.1 Å². The van der Waals surface area contributed by atoms with Gasteiger partial charge in [-0.15, -0.1) is 10.2 Å². The highest BCUT2D eigenvalue weighted by Gasteiger charge is 2.33. The summed E-state index contributed by atoms with van der Waals surface area (Å²) in [7, 11) is -3.95. The summed E-state index contributed by atoms with van der Waals surface area (Å²) in [5.41, 5.74) is -0.793. The molecule has 0 aliphatic rings. The Balaban J connectivity index is 2.21. The highest BCUT2D eigenvalue weighted by molar-refractivity contribution is 7.90. The molecule has 0 aliphatic carbocycles. The summed E-state index contributed by atoms with van der Waals surface area (Å²) < 4.78 is 37.4. The van der Waals surface area contributed by atoms with Crippen LogP contribution in [-0.2, 0) is 54.7 Å². The number of nitrogens with zero attached hydrogens (tertiary/aromatic N) is 3. The molecule has 0 saturated carbocycles. The van der Waals surface area contributed by atoms with Crippen LogP contribution in [0.5, 0.6) is 0 Å². The number of aliphatic carboxylic acids is 2. The lowest BCUT2D eigenvalue weighted by Crippen LogP contribution is -2.44. The molecule has 0 spiro atoms. The molecular formula is C30H52N8O12S. The van der Waals surface area contributed by atoms with Crippen molar-refractivity contribution in [1.82, 2.24) is 41.3 Å². The number of carboxylic acid groups (broad SMARTS) is 2. The van der Waals surface area contributed by atoms with Gasteiger partial charge in [0.25, 0.3) is 0 Å². The minimum absolute atomic E-state index is 0.00763. The Labute approximate surface area is 297 Å². The van der Waals surface area contributed by atoms with E-state index < -0.39 is 75.4 Å². The Morgan fingerprint density at radius 3 is 2.10 bits per heavy atom. The lowest BCUT2D eigenvalue weighted by molar-refractivity contribution is -0.144. The van der Waals surface area contributed by atoms with Crippen molar-refractivity contribution in [2.24, 2.45) is 10.8 Å². The third-order valence-corrected chi connectivity index (χ3v) is 8.58. The Morgan fingerprint density at radius 2 is 1.49 bits per heavy atom. The zero-order valence-corrected chi connectivity index (χ0v) is 30.6. The first-order chi connectivity index (χ1) is 23.7. The molecule has 2 atom stereocenters. The summed E-state index contributed by atoms with van der Waals surface area (Å²) in [4.78, 5) is 71.0. The van der Waals surface area contributed by atoms with Crippen molar-refractivity contribution in [2.75, 3.05) is 38.7 Å². The first-order valence-corrected chi connectivity index (χ1v) is 18.1. The van der Waals surface area contributed by atoms with Gasteiger partial charge in [-0.25, -0.2) is 18.0 Å². The van der Waals surface area contributed by atoms with E-state index in [0.717, 1.165) is 0 Å². The molecule has 0 fully saturated rings. The summed E-state index contributed by atoms with van der Waals surface area (Å²) in [6.07, 6.45) is 0.583. The van der Waals surface area contributed by atoms with E-state index in [4.69, 9.17) is 14.6 Å². The maximum absolute atomic E-state index is 12.5. The molecule has 0 aromatic carbocycles. The number of sulfonamides is 1. The minimum Gasteiger partial charge on any atom is -0.480 e. The number of aromatic nitrogens is 4. The first-order valence-electron chi connectivity index (χ1n) is 16.5. The molecule has 21 heteroatoms. The fraction of sp³-hybridized carbons (Fsp3) is 0.767. The number of hydrogen-bond acceptors (Lipinski definition) is 13. The molecule has 7 N–H and O–H groups in total. The van der Waals surface area contributed by atoms with Crippen LogP contribution in [0, 0.1) is 10.8 Å².